The number of hydrogen-bond donors (Lipinski definition) is 1. The van der Waals surface area contributed by atoms with E-state index in [0.29, 0.717) is 0 Å². The lowest BCUT2D eigenvalue weighted by Crippen LogP contribution is -2.13. The average Bonchev–Trinajstić information content (AvgIpc) is 1.84. The summed E-state index contributed by atoms with van der Waals surface area (Å²) in [5.41, 5.74) is 4.43. The van der Waals surface area contributed by atoms with Gasteiger partial charge in [-0.25, -0.2) is 4.79 Å². The minimum Gasteiger partial charge on any atom is -0.418 e. The molecule has 0 rings (SSSR count). The van der Waals surface area contributed by atoms with Crippen LogP contribution in [0.3, 0.4) is 0 Å². The summed E-state index contributed by atoms with van der Waals surface area (Å²) < 4.78 is 4.16. The van der Waals surface area contributed by atoms with Crippen molar-refractivity contribution in [1.82, 2.24) is 0 Å². The van der Waals surface area contributed by atoms with E-state index in [1.165, 1.54) is 13.8 Å². The summed E-state index contributed by atoms with van der Waals surface area (Å²) in [6.45, 7) is 2.38. The Bertz CT molecular complexity index is 238. The number of primary amides is 1. The molecule has 0 heterocycles. The Morgan fingerprint density at radius 1 is 1.17 bits per heavy atom. The van der Waals surface area contributed by atoms with E-state index < -0.39 is 17.7 Å². The third kappa shape index (κ3) is 3.50. The Kier molecular flexibility index (Phi) is 3.69. The van der Waals surface area contributed by atoms with E-state index in [9.17, 15) is 14.4 Å². The Hall–Kier alpha value is -1.65. The third-order valence-corrected chi connectivity index (χ3v) is 1.05. The van der Waals surface area contributed by atoms with E-state index in [-0.39, 0.29) is 5.57 Å². The van der Waals surface area contributed by atoms with Crippen LogP contribution in [-0.4, -0.2) is 17.7 Å². The van der Waals surface area contributed by atoms with E-state index in [2.05, 4.69) is 10.5 Å². The van der Waals surface area contributed by atoms with Crippen molar-refractivity contribution < 1.29 is 19.1 Å². The molecular weight excluding hydrogens is 162 g/mol. The molecule has 5 nitrogen and oxygen atoms in total. The molecule has 0 aliphatic rings. The molecule has 0 radical (unpaired) electrons. The maximum Gasteiger partial charge on any atom is 0.409 e. The summed E-state index contributed by atoms with van der Waals surface area (Å²) >= 11 is 0. The van der Waals surface area contributed by atoms with Crippen molar-refractivity contribution in [3.05, 3.63) is 11.8 Å². The first-order valence-electron chi connectivity index (χ1n) is 3.13. The van der Waals surface area contributed by atoms with Crippen LogP contribution in [0.1, 0.15) is 13.8 Å². The third-order valence-electron chi connectivity index (χ3n) is 1.05. The number of carbonyl (C=O) groups excluding carboxylic acids is 3. The largest absolute Gasteiger partial charge is 0.418 e. The zero-order valence-electron chi connectivity index (χ0n) is 6.79. The van der Waals surface area contributed by atoms with Crippen LogP contribution in [-0.2, 0) is 14.3 Å². The van der Waals surface area contributed by atoms with Crippen molar-refractivity contribution >= 4 is 17.7 Å². The molecule has 0 bridgehead atoms. The molecule has 12 heavy (non-hydrogen) atoms. The smallest absolute Gasteiger partial charge is 0.409 e. The molecule has 1 amide bonds. The number of nitrogens with two attached hydrogens (primary N) is 1. The lowest BCUT2D eigenvalue weighted by molar-refractivity contribution is -0.119. The molecule has 0 aromatic carbocycles. The number of Topliss-reactive ketones (excluding diaryl/α,β-unsaturated/α-hetero) is 2. The molecule has 5 heteroatoms. The molecule has 0 saturated carbocycles. The van der Waals surface area contributed by atoms with Gasteiger partial charge in [0, 0.05) is 0 Å². The maximum atomic E-state index is 10.7. The number of ketones is 2. The Morgan fingerprint density at radius 2 is 1.58 bits per heavy atom. The number of ether oxygens (including phenoxy) is 1. The van der Waals surface area contributed by atoms with Crippen LogP contribution >= 0.6 is 0 Å². The molecule has 0 fully saturated rings. The van der Waals surface area contributed by atoms with Gasteiger partial charge >= 0.3 is 6.09 Å². The van der Waals surface area contributed by atoms with Crippen molar-refractivity contribution in [1.29, 1.82) is 0 Å². The highest BCUT2D eigenvalue weighted by Crippen LogP contribution is 1.98. The first kappa shape index (κ1) is 10.3. The minimum absolute atomic E-state index is 0.186. The van der Waals surface area contributed by atoms with Crippen molar-refractivity contribution in [3.8, 4) is 0 Å². The van der Waals surface area contributed by atoms with E-state index in [1.54, 1.807) is 0 Å². The van der Waals surface area contributed by atoms with Crippen LogP contribution in [0, 0.1) is 0 Å². The van der Waals surface area contributed by atoms with Gasteiger partial charge in [0.25, 0.3) is 0 Å². The van der Waals surface area contributed by atoms with Gasteiger partial charge in [-0.2, -0.15) is 0 Å². The van der Waals surface area contributed by atoms with Crippen LogP contribution in [0.4, 0.5) is 4.79 Å². The molecule has 66 valence electrons. The fourth-order valence-corrected chi connectivity index (χ4v) is 0.531. The van der Waals surface area contributed by atoms with Crippen LogP contribution in [0.15, 0.2) is 11.8 Å². The molecule has 2 N–H and O–H groups in total. The second-order valence-electron chi connectivity index (χ2n) is 2.08. The topological polar surface area (TPSA) is 86.5 Å². The standard InChI is InChI=1S/C7H9NO4/c1-4(9)6(5(2)10)3-12-7(8)11/h3H,1-2H3,(H2,8,11). The first-order chi connectivity index (χ1) is 5.45. The van der Waals surface area contributed by atoms with E-state index >= 15 is 0 Å². The number of allylic oxidation sites excluding steroid dienone is 1. The lowest BCUT2D eigenvalue weighted by Gasteiger charge is -1.96. The summed E-state index contributed by atoms with van der Waals surface area (Å²) in [5.74, 6) is -0.937. The van der Waals surface area contributed by atoms with Gasteiger partial charge in [0.15, 0.2) is 11.6 Å². The zero-order chi connectivity index (χ0) is 9.72. The van der Waals surface area contributed by atoms with Crippen LogP contribution < -0.4 is 5.73 Å². The van der Waals surface area contributed by atoms with Gasteiger partial charge in [-0.15, -0.1) is 0 Å². The van der Waals surface area contributed by atoms with Crippen molar-refractivity contribution in [2.24, 2.45) is 5.73 Å². The fraction of sp³-hybridized carbons (Fsp3) is 0.286. The monoisotopic (exact) mass is 171 g/mol. The molecule has 0 aromatic rings. The van der Waals surface area contributed by atoms with Gasteiger partial charge < -0.3 is 10.5 Å². The molecule has 0 spiro atoms. The number of hydrogen-bond acceptors (Lipinski definition) is 4. The Balaban J connectivity index is 4.51. The van der Waals surface area contributed by atoms with Crippen LogP contribution in [0.5, 0.6) is 0 Å². The SMILES string of the molecule is CC(=O)C(=COC(N)=O)C(C)=O. The lowest BCUT2D eigenvalue weighted by atomic mass is 10.1. The average molecular weight is 171 g/mol. The Labute approximate surface area is 69.2 Å². The predicted octanol–water partition coefficient (Wildman–Crippen LogP) is 0.144. The van der Waals surface area contributed by atoms with E-state index in [1.807, 2.05) is 0 Å². The van der Waals surface area contributed by atoms with Crippen molar-refractivity contribution in [2.45, 2.75) is 13.8 Å². The molecular formula is C7H9NO4. The zero-order valence-corrected chi connectivity index (χ0v) is 6.79. The second kappa shape index (κ2) is 4.27. The highest BCUT2D eigenvalue weighted by atomic mass is 16.5. The summed E-state index contributed by atoms with van der Waals surface area (Å²) in [5, 5.41) is 0. The van der Waals surface area contributed by atoms with Gasteiger partial charge in [-0.05, 0) is 13.8 Å². The van der Waals surface area contributed by atoms with E-state index in [4.69, 9.17) is 0 Å². The second-order valence-corrected chi connectivity index (χ2v) is 2.08. The number of rotatable bonds is 3. The predicted molar refractivity (Wildman–Crippen MR) is 40.1 cm³/mol. The highest BCUT2D eigenvalue weighted by molar-refractivity contribution is 6.18. The van der Waals surface area contributed by atoms with Gasteiger partial charge in [-0.1, -0.05) is 0 Å². The van der Waals surface area contributed by atoms with Crippen LogP contribution in [0.2, 0.25) is 0 Å². The normalized spacial score (nSPS) is 8.50. The van der Waals surface area contributed by atoms with Gasteiger partial charge in [0.2, 0.25) is 0 Å². The summed E-state index contributed by atoms with van der Waals surface area (Å²) in [6.07, 6.45) is -0.303. The van der Waals surface area contributed by atoms with Gasteiger partial charge in [0.05, 0.1) is 5.57 Å². The number of carbonyl (C=O) groups is 3. The van der Waals surface area contributed by atoms with E-state index in [0.717, 1.165) is 6.26 Å². The molecule has 0 aliphatic heterocycles. The van der Waals surface area contributed by atoms with Crippen LogP contribution in [0.25, 0.3) is 0 Å². The quantitative estimate of drug-likeness (QED) is 0.283. The molecule has 0 atom stereocenters. The fourth-order valence-electron chi connectivity index (χ4n) is 0.531. The molecule has 0 aromatic heterocycles. The Morgan fingerprint density at radius 3 is 1.83 bits per heavy atom. The minimum atomic E-state index is -1.06. The highest BCUT2D eigenvalue weighted by Gasteiger charge is 2.09. The first-order valence-corrected chi connectivity index (χ1v) is 3.13. The van der Waals surface area contributed by atoms with Gasteiger partial charge in [0.1, 0.15) is 6.26 Å². The van der Waals surface area contributed by atoms with Crippen molar-refractivity contribution in [2.75, 3.05) is 0 Å². The molecule has 0 aliphatic carbocycles. The summed E-state index contributed by atoms with van der Waals surface area (Å²) in [7, 11) is 0. The maximum absolute atomic E-state index is 10.7. The number of amides is 1. The molecule has 0 unspecified atom stereocenters. The van der Waals surface area contributed by atoms with Gasteiger partial charge in [-0.3, -0.25) is 9.59 Å². The summed E-state index contributed by atoms with van der Waals surface area (Å²) in [6, 6.07) is 0. The molecule has 0 saturated heterocycles. The van der Waals surface area contributed by atoms with Crippen molar-refractivity contribution in [3.63, 3.8) is 0 Å². The summed E-state index contributed by atoms with van der Waals surface area (Å²) in [4.78, 5) is 31.4.